The Balaban J connectivity index is 2.54. The minimum Gasteiger partial charge on any atom is -0.490 e. The van der Waals surface area contributed by atoms with E-state index in [4.69, 9.17) is 10.5 Å². The molecule has 0 aromatic heterocycles. The molecule has 0 spiro atoms. The topological polar surface area (TPSA) is 64.3 Å². The standard InChI is InChI=1S/C14H21FN2O2/c1-3-11(16)8-10-4-5-13(12(15)9-10)19-7-6-14(18)17-2/h4-5,9,11H,3,6-8,16H2,1-2H3,(H,17,18). The second-order valence-electron chi connectivity index (χ2n) is 4.41. The van der Waals surface area contributed by atoms with Crippen molar-refractivity contribution in [2.75, 3.05) is 13.7 Å². The van der Waals surface area contributed by atoms with Crippen molar-refractivity contribution in [1.82, 2.24) is 5.32 Å². The summed E-state index contributed by atoms with van der Waals surface area (Å²) in [6.45, 7) is 2.15. The van der Waals surface area contributed by atoms with Gasteiger partial charge < -0.3 is 15.8 Å². The average molecular weight is 268 g/mol. The van der Waals surface area contributed by atoms with Gasteiger partial charge in [-0.3, -0.25) is 4.79 Å². The number of nitrogens with two attached hydrogens (primary N) is 1. The molecule has 0 saturated heterocycles. The van der Waals surface area contributed by atoms with Crippen LogP contribution in [0.4, 0.5) is 4.39 Å². The summed E-state index contributed by atoms with van der Waals surface area (Å²) in [6.07, 6.45) is 1.70. The SMILES string of the molecule is CCC(N)Cc1ccc(OCCC(=O)NC)c(F)c1. The van der Waals surface area contributed by atoms with Gasteiger partial charge in [0.1, 0.15) is 0 Å². The molecule has 5 heteroatoms. The van der Waals surface area contributed by atoms with E-state index in [2.05, 4.69) is 5.32 Å². The molecule has 1 aromatic carbocycles. The molecule has 0 radical (unpaired) electrons. The number of benzene rings is 1. The van der Waals surface area contributed by atoms with Crippen LogP contribution in [0.2, 0.25) is 0 Å². The highest BCUT2D eigenvalue weighted by Crippen LogP contribution is 2.19. The van der Waals surface area contributed by atoms with Crippen molar-refractivity contribution in [3.63, 3.8) is 0 Å². The van der Waals surface area contributed by atoms with Crippen LogP contribution in [0.15, 0.2) is 18.2 Å². The second kappa shape index (κ2) is 7.74. The lowest BCUT2D eigenvalue weighted by atomic mass is 10.0. The molecule has 1 atom stereocenters. The third-order valence-electron chi connectivity index (χ3n) is 2.88. The Bertz CT molecular complexity index is 424. The lowest BCUT2D eigenvalue weighted by Gasteiger charge is -2.11. The van der Waals surface area contributed by atoms with E-state index in [0.717, 1.165) is 12.0 Å². The Labute approximate surface area is 113 Å². The van der Waals surface area contributed by atoms with Gasteiger partial charge in [-0.15, -0.1) is 0 Å². The molecule has 106 valence electrons. The summed E-state index contributed by atoms with van der Waals surface area (Å²) in [4.78, 5) is 11.0. The molecule has 1 unspecified atom stereocenters. The number of nitrogens with one attached hydrogen (secondary N) is 1. The summed E-state index contributed by atoms with van der Waals surface area (Å²) >= 11 is 0. The van der Waals surface area contributed by atoms with Gasteiger partial charge in [0, 0.05) is 13.1 Å². The van der Waals surface area contributed by atoms with Gasteiger partial charge in [-0.05, 0) is 30.5 Å². The quantitative estimate of drug-likeness (QED) is 0.790. The second-order valence-corrected chi connectivity index (χ2v) is 4.41. The molecule has 0 bridgehead atoms. The molecular formula is C14H21FN2O2. The number of carbonyl (C=O) groups is 1. The van der Waals surface area contributed by atoms with Crippen molar-refractivity contribution in [1.29, 1.82) is 0 Å². The van der Waals surface area contributed by atoms with Crippen LogP contribution in [0.5, 0.6) is 5.75 Å². The molecule has 0 fully saturated rings. The average Bonchev–Trinajstić information content (AvgIpc) is 2.40. The zero-order valence-corrected chi connectivity index (χ0v) is 11.4. The maximum Gasteiger partial charge on any atom is 0.223 e. The third-order valence-corrected chi connectivity index (χ3v) is 2.88. The van der Waals surface area contributed by atoms with Crippen LogP contribution < -0.4 is 15.8 Å². The summed E-state index contributed by atoms with van der Waals surface area (Å²) in [7, 11) is 1.55. The first-order valence-electron chi connectivity index (χ1n) is 6.44. The summed E-state index contributed by atoms with van der Waals surface area (Å²) < 4.78 is 19.0. The molecule has 0 aliphatic rings. The Hall–Kier alpha value is -1.62. The summed E-state index contributed by atoms with van der Waals surface area (Å²) in [5.74, 6) is -0.388. The molecule has 0 saturated carbocycles. The molecular weight excluding hydrogens is 247 g/mol. The van der Waals surface area contributed by atoms with Crippen LogP contribution in [-0.2, 0) is 11.2 Å². The largest absolute Gasteiger partial charge is 0.490 e. The smallest absolute Gasteiger partial charge is 0.223 e. The van der Waals surface area contributed by atoms with E-state index in [1.807, 2.05) is 6.92 Å². The predicted molar refractivity (Wildman–Crippen MR) is 72.5 cm³/mol. The van der Waals surface area contributed by atoms with Gasteiger partial charge in [-0.2, -0.15) is 0 Å². The third kappa shape index (κ3) is 5.26. The van der Waals surface area contributed by atoms with Crippen molar-refractivity contribution in [2.45, 2.75) is 32.2 Å². The van der Waals surface area contributed by atoms with Gasteiger partial charge in [0.05, 0.1) is 13.0 Å². The minimum atomic E-state index is -0.419. The van der Waals surface area contributed by atoms with Crippen molar-refractivity contribution in [2.24, 2.45) is 5.73 Å². The highest BCUT2D eigenvalue weighted by atomic mass is 19.1. The van der Waals surface area contributed by atoms with Gasteiger partial charge >= 0.3 is 0 Å². The molecule has 19 heavy (non-hydrogen) atoms. The van der Waals surface area contributed by atoms with Gasteiger partial charge in [-0.25, -0.2) is 4.39 Å². The molecule has 1 aromatic rings. The first kappa shape index (κ1) is 15.4. The number of rotatable bonds is 7. The van der Waals surface area contributed by atoms with E-state index >= 15 is 0 Å². The summed E-state index contributed by atoms with van der Waals surface area (Å²) in [5.41, 5.74) is 6.68. The van der Waals surface area contributed by atoms with Gasteiger partial charge in [0.25, 0.3) is 0 Å². The molecule has 4 nitrogen and oxygen atoms in total. The minimum absolute atomic E-state index is 0.0411. The first-order valence-corrected chi connectivity index (χ1v) is 6.44. The van der Waals surface area contributed by atoms with E-state index in [9.17, 15) is 9.18 Å². The Morgan fingerprint density at radius 3 is 2.84 bits per heavy atom. The van der Waals surface area contributed by atoms with Crippen LogP contribution in [0.3, 0.4) is 0 Å². The Morgan fingerprint density at radius 1 is 1.53 bits per heavy atom. The van der Waals surface area contributed by atoms with Crippen LogP contribution in [0, 0.1) is 5.82 Å². The monoisotopic (exact) mass is 268 g/mol. The van der Waals surface area contributed by atoms with Crippen molar-refractivity contribution < 1.29 is 13.9 Å². The van der Waals surface area contributed by atoms with Crippen LogP contribution >= 0.6 is 0 Å². The highest BCUT2D eigenvalue weighted by Gasteiger charge is 2.08. The van der Waals surface area contributed by atoms with E-state index in [-0.39, 0.29) is 30.7 Å². The zero-order valence-electron chi connectivity index (χ0n) is 11.4. The van der Waals surface area contributed by atoms with E-state index in [1.165, 1.54) is 6.07 Å². The molecule has 0 aliphatic heterocycles. The molecule has 0 heterocycles. The first-order chi connectivity index (χ1) is 9.06. The number of halogens is 1. The number of amides is 1. The lowest BCUT2D eigenvalue weighted by Crippen LogP contribution is -2.21. The Kier molecular flexibility index (Phi) is 6.29. The zero-order chi connectivity index (χ0) is 14.3. The maximum absolute atomic E-state index is 13.7. The Morgan fingerprint density at radius 2 is 2.26 bits per heavy atom. The van der Waals surface area contributed by atoms with Crippen molar-refractivity contribution in [3.8, 4) is 5.75 Å². The highest BCUT2D eigenvalue weighted by molar-refractivity contribution is 5.75. The van der Waals surface area contributed by atoms with Gasteiger partial charge in [0.2, 0.25) is 5.91 Å². The molecule has 3 N–H and O–H groups in total. The normalized spacial score (nSPS) is 12.0. The van der Waals surface area contributed by atoms with E-state index < -0.39 is 5.82 Å². The van der Waals surface area contributed by atoms with Crippen molar-refractivity contribution >= 4 is 5.91 Å². The van der Waals surface area contributed by atoms with Gasteiger partial charge in [0.15, 0.2) is 11.6 Å². The molecule has 1 rings (SSSR count). The number of hydrogen-bond donors (Lipinski definition) is 2. The number of ether oxygens (including phenoxy) is 1. The lowest BCUT2D eigenvalue weighted by molar-refractivity contribution is -0.121. The van der Waals surface area contributed by atoms with E-state index in [0.29, 0.717) is 6.42 Å². The fourth-order valence-electron chi connectivity index (χ4n) is 1.61. The fraction of sp³-hybridized carbons (Fsp3) is 0.500. The summed E-state index contributed by atoms with van der Waals surface area (Å²) in [5, 5.41) is 2.48. The van der Waals surface area contributed by atoms with E-state index in [1.54, 1.807) is 19.2 Å². The number of hydrogen-bond acceptors (Lipinski definition) is 3. The van der Waals surface area contributed by atoms with Crippen molar-refractivity contribution in [3.05, 3.63) is 29.6 Å². The number of carbonyl (C=O) groups excluding carboxylic acids is 1. The van der Waals surface area contributed by atoms with Crippen LogP contribution in [0.1, 0.15) is 25.3 Å². The fourth-order valence-corrected chi connectivity index (χ4v) is 1.61. The van der Waals surface area contributed by atoms with Crippen LogP contribution in [0.25, 0.3) is 0 Å². The van der Waals surface area contributed by atoms with Crippen LogP contribution in [-0.4, -0.2) is 25.6 Å². The summed E-state index contributed by atoms with van der Waals surface area (Å²) in [6, 6.07) is 4.86. The predicted octanol–water partition coefficient (Wildman–Crippen LogP) is 1.62. The molecule has 0 aliphatic carbocycles. The molecule has 1 amide bonds. The van der Waals surface area contributed by atoms with Gasteiger partial charge in [-0.1, -0.05) is 13.0 Å². The maximum atomic E-state index is 13.7.